The van der Waals surface area contributed by atoms with Crippen LogP contribution >= 0.6 is 0 Å². The average molecular weight is 618 g/mol. The molecule has 18 N–H and O–H groups in total. The Hall–Kier alpha value is -1.78. The molecule has 0 saturated heterocycles. The number of hydrogen-bond acceptors (Lipinski definition) is 12. The molecular weight excluding hydrogens is 567 g/mol. The zero-order chi connectivity index (χ0) is 31.6. The molecule has 0 aromatic heterocycles. The van der Waals surface area contributed by atoms with Gasteiger partial charge in [-0.3, -0.25) is 52.6 Å². The van der Waals surface area contributed by atoms with Crippen molar-refractivity contribution in [3.8, 4) is 0 Å². The van der Waals surface area contributed by atoms with E-state index in [-0.39, 0.29) is 69.6 Å². The normalized spacial score (nSPS) is 13.3. The van der Waals surface area contributed by atoms with Crippen molar-refractivity contribution in [2.75, 3.05) is 0 Å². The third-order valence-electron chi connectivity index (χ3n) is 5.28. The van der Waals surface area contributed by atoms with Gasteiger partial charge in [-0.25, -0.2) is 23.4 Å². The second-order valence-electron chi connectivity index (χ2n) is 8.45. The van der Waals surface area contributed by atoms with Crippen LogP contribution in [0.3, 0.4) is 0 Å². The van der Waals surface area contributed by atoms with Crippen molar-refractivity contribution in [1.82, 2.24) is 32.6 Å². The van der Waals surface area contributed by atoms with E-state index in [9.17, 15) is 19.2 Å². The number of rotatable bonds is 6. The summed E-state index contributed by atoms with van der Waals surface area (Å²) < 4.78 is 0. The van der Waals surface area contributed by atoms with Crippen molar-refractivity contribution < 1.29 is 80.2 Å². The summed E-state index contributed by atoms with van der Waals surface area (Å²) in [5.74, 6) is 27.8. The van der Waals surface area contributed by atoms with Crippen molar-refractivity contribution >= 4 is 36.4 Å². The smallest absolute Gasteiger partial charge is 0.519 e. The second-order valence-corrected chi connectivity index (χ2v) is 8.45. The molecule has 236 valence electrons. The molecule has 0 aromatic carbocycles. The molecule has 2 aliphatic rings. The van der Waals surface area contributed by atoms with Crippen LogP contribution in [0.4, 0.5) is 0 Å². The van der Waals surface area contributed by atoms with Gasteiger partial charge in [0.15, 0.2) is 0 Å². The van der Waals surface area contributed by atoms with E-state index in [1.807, 2.05) is 10.9 Å². The van der Waals surface area contributed by atoms with Crippen molar-refractivity contribution in [1.29, 1.82) is 0 Å². The van der Waals surface area contributed by atoms with Gasteiger partial charge in [0.05, 0.1) is 0 Å². The first kappa shape index (κ1) is 48.9. The average Bonchev–Trinajstić information content (AvgIpc) is 2.99. The maximum Gasteiger partial charge on any atom is 1.00 e. The predicted octanol–water partition coefficient (Wildman–Crippen LogP) is -6.08. The van der Waals surface area contributed by atoms with E-state index in [4.69, 9.17) is 9.59 Å². The maximum absolute atomic E-state index is 10.2. The van der Waals surface area contributed by atoms with Gasteiger partial charge >= 0.3 is 51.4 Å². The number of carbonyl (C=O) groups is 4. The monoisotopic (exact) mass is 617 g/mol. The van der Waals surface area contributed by atoms with Crippen LogP contribution in [0.15, 0.2) is 0 Å². The van der Waals surface area contributed by atoms with Gasteiger partial charge in [-0.05, 0) is 18.3 Å². The molecule has 0 bridgehead atoms. The quantitative estimate of drug-likeness (QED) is 0.0252. The van der Waals surface area contributed by atoms with E-state index < -0.39 is 11.8 Å². The standard InChI is InChI=1S/C13H24.C3H8N4O2.2C2H6N2O.2CH3N2O.K/c1-3-7-12(8-4-1)11-13-9-5-2-6-10-13;4-6-2(8)1-3(9)7-5;2*1-2(5)4-3;2*2-3-1-4;/h12-13H,1-11H2;1,4-5H2,(H,6,8)(H,7,9);2*3H2,1H3,(H,4,5);2*2H2,(H,3,4);/q;;;;2*-1;+1. The van der Waals surface area contributed by atoms with Crippen molar-refractivity contribution in [3.05, 3.63) is 0 Å². The minimum absolute atomic E-state index is 0. The number of nitrogens with one attached hydrogen (secondary N) is 6. The fourth-order valence-electron chi connectivity index (χ4n) is 3.56. The second kappa shape index (κ2) is 40.4. The van der Waals surface area contributed by atoms with E-state index in [2.05, 4.69) is 35.1 Å². The number of hydrogen-bond donors (Lipinski definition) is 12. The summed E-state index contributed by atoms with van der Waals surface area (Å²) in [5.41, 5.74) is 10.6. The topological polar surface area (TPSA) is 331 Å². The molecule has 0 heterocycles. The Morgan fingerprint density at radius 3 is 1.00 bits per heavy atom. The zero-order valence-electron chi connectivity index (χ0n) is 24.6. The van der Waals surface area contributed by atoms with E-state index in [0.29, 0.717) is 0 Å². The molecule has 2 saturated carbocycles. The van der Waals surface area contributed by atoms with Gasteiger partial charge in [-0.1, -0.05) is 64.2 Å². The summed E-state index contributed by atoms with van der Waals surface area (Å²) in [5, 5.41) is 0. The predicted molar refractivity (Wildman–Crippen MR) is 149 cm³/mol. The number of hydrazine groups is 6. The first-order valence-electron chi connectivity index (χ1n) is 12.6. The summed E-state index contributed by atoms with van der Waals surface area (Å²) in [7, 11) is 0. The summed E-state index contributed by atoms with van der Waals surface area (Å²) in [4.78, 5) is 57.2. The summed E-state index contributed by atoms with van der Waals surface area (Å²) in [6.07, 6.45) is 19.0. The van der Waals surface area contributed by atoms with Crippen molar-refractivity contribution in [3.63, 3.8) is 0 Å². The molecule has 2 rings (SSSR count). The molecule has 0 atom stereocenters. The largest absolute Gasteiger partial charge is 1.00 e. The molecule has 6 amide bonds. The van der Waals surface area contributed by atoms with Gasteiger partial charge in [0.25, 0.3) is 0 Å². The molecule has 41 heavy (non-hydrogen) atoms. The van der Waals surface area contributed by atoms with E-state index in [1.165, 1.54) is 65.2 Å². The minimum atomic E-state index is -0.571. The van der Waals surface area contributed by atoms with E-state index in [1.54, 1.807) is 53.8 Å². The maximum atomic E-state index is 10.2. The van der Waals surface area contributed by atoms with Crippen LogP contribution in [-0.4, -0.2) is 36.4 Å². The fraction of sp³-hybridized carbons (Fsp3) is 0.727. The summed E-state index contributed by atoms with van der Waals surface area (Å²) in [6, 6.07) is 0. The van der Waals surface area contributed by atoms with Crippen LogP contribution in [0, 0.1) is 11.8 Å². The molecule has 19 heteroatoms. The van der Waals surface area contributed by atoms with Crippen LogP contribution < -0.4 is 119 Å². The zero-order valence-corrected chi connectivity index (χ0v) is 27.7. The molecule has 0 aromatic rings. The summed E-state index contributed by atoms with van der Waals surface area (Å²) in [6.45, 7) is 2.69. The molecule has 2 aliphatic carbocycles. The third-order valence-corrected chi connectivity index (χ3v) is 5.28. The van der Waals surface area contributed by atoms with Gasteiger partial charge in [0, 0.05) is 13.8 Å². The van der Waals surface area contributed by atoms with Crippen LogP contribution in [0.2, 0.25) is 0 Å². The molecule has 0 aliphatic heterocycles. The van der Waals surface area contributed by atoms with Crippen molar-refractivity contribution in [2.45, 2.75) is 90.9 Å². The molecular formula is C22H50KN12O6-. The molecule has 18 nitrogen and oxygen atoms in total. The van der Waals surface area contributed by atoms with Gasteiger partial charge in [0.1, 0.15) is 6.42 Å². The fourth-order valence-corrected chi connectivity index (χ4v) is 3.56. The van der Waals surface area contributed by atoms with Crippen LogP contribution in [0.25, 0.3) is 0 Å². The third kappa shape index (κ3) is 48.3. The van der Waals surface area contributed by atoms with Crippen LogP contribution in [-0.2, 0) is 28.8 Å². The van der Waals surface area contributed by atoms with Crippen LogP contribution in [0.1, 0.15) is 90.9 Å². The Morgan fingerprint density at radius 2 is 0.829 bits per heavy atom. The Morgan fingerprint density at radius 1 is 0.585 bits per heavy atom. The van der Waals surface area contributed by atoms with E-state index >= 15 is 0 Å². The van der Waals surface area contributed by atoms with Gasteiger partial charge in [0.2, 0.25) is 23.6 Å². The van der Waals surface area contributed by atoms with Crippen LogP contribution in [0.5, 0.6) is 0 Å². The molecule has 0 unspecified atom stereocenters. The Balaban J connectivity index is -0.000000136. The van der Waals surface area contributed by atoms with Gasteiger partial charge < -0.3 is 20.4 Å². The molecule has 0 spiro atoms. The first-order chi connectivity index (χ1) is 19.0. The Bertz CT molecular complexity index is 601. The SMILES string of the molecule is C1CCC(CC2CCCCC2)CC1.CC(=O)NN.CC(=O)NN.NNC(=O)CC(=O)NN.NN[C-]=O.NN[C-]=O.[K+]. The number of amides is 6. The van der Waals surface area contributed by atoms with Crippen molar-refractivity contribution in [2.24, 2.45) is 46.9 Å². The minimum Gasteiger partial charge on any atom is -0.519 e. The van der Waals surface area contributed by atoms with Gasteiger partial charge in [-0.15, -0.1) is 0 Å². The first-order valence-corrected chi connectivity index (χ1v) is 12.6. The number of carbonyl (C=O) groups excluding carboxylic acids is 6. The number of nitrogens with two attached hydrogens (primary N) is 6. The van der Waals surface area contributed by atoms with Gasteiger partial charge in [-0.2, -0.15) is 12.8 Å². The summed E-state index contributed by atoms with van der Waals surface area (Å²) >= 11 is 0. The Labute approximate surface area is 284 Å². The van der Waals surface area contributed by atoms with E-state index in [0.717, 1.165) is 11.8 Å². The molecule has 0 radical (unpaired) electrons. The molecule has 2 fully saturated rings. The Kier molecular flexibility index (Phi) is 48.2.